The third-order valence-corrected chi connectivity index (χ3v) is 5.74. The highest BCUT2D eigenvalue weighted by molar-refractivity contribution is 9.10. The van der Waals surface area contributed by atoms with Gasteiger partial charge in [0.2, 0.25) is 0 Å². The highest BCUT2D eigenvalue weighted by atomic mass is 79.9. The molecule has 21 heavy (non-hydrogen) atoms. The Morgan fingerprint density at radius 1 is 1.57 bits per heavy atom. The number of halogens is 1. The molecular weight excluding hydrogens is 352 g/mol. The van der Waals surface area contributed by atoms with E-state index >= 15 is 0 Å². The Hall–Kier alpha value is -0.730. The van der Waals surface area contributed by atoms with Crippen LogP contribution in [0.3, 0.4) is 0 Å². The molecule has 0 amide bonds. The minimum Gasteiger partial charge on any atom is -0.383 e. The molecule has 1 unspecified atom stereocenters. The van der Waals surface area contributed by atoms with Crippen LogP contribution >= 0.6 is 27.3 Å². The molecule has 2 aromatic rings. The van der Waals surface area contributed by atoms with Gasteiger partial charge in [-0.15, -0.1) is 11.3 Å². The van der Waals surface area contributed by atoms with Gasteiger partial charge in [-0.25, -0.2) is 5.43 Å². The van der Waals surface area contributed by atoms with Gasteiger partial charge in [0.25, 0.3) is 0 Å². The second-order valence-corrected chi connectivity index (χ2v) is 7.17. The molecule has 3 N–H and O–H groups in total. The lowest BCUT2D eigenvalue weighted by Crippen LogP contribution is -2.30. The molecule has 2 aromatic heterocycles. The summed E-state index contributed by atoms with van der Waals surface area (Å²) in [5.41, 5.74) is 5.48. The van der Waals surface area contributed by atoms with Crippen molar-refractivity contribution in [3.63, 3.8) is 0 Å². The molecule has 0 radical (unpaired) electrons. The van der Waals surface area contributed by atoms with E-state index in [1.54, 1.807) is 7.11 Å². The third-order valence-electron chi connectivity index (χ3n) is 3.83. The van der Waals surface area contributed by atoms with E-state index in [4.69, 9.17) is 10.6 Å². The highest BCUT2D eigenvalue weighted by Gasteiger charge is 2.25. The van der Waals surface area contributed by atoms with Crippen molar-refractivity contribution in [2.24, 2.45) is 5.84 Å². The predicted molar refractivity (Wildman–Crippen MR) is 87.3 cm³/mol. The second-order valence-electron chi connectivity index (χ2n) is 5.14. The number of aromatic nitrogens is 2. The maximum absolute atomic E-state index is 5.84. The molecule has 3 rings (SSSR count). The van der Waals surface area contributed by atoms with Gasteiger partial charge < -0.3 is 4.74 Å². The number of hydrogen-bond acceptors (Lipinski definition) is 5. The van der Waals surface area contributed by atoms with E-state index in [1.165, 1.54) is 34.6 Å². The van der Waals surface area contributed by atoms with E-state index in [9.17, 15) is 0 Å². The van der Waals surface area contributed by atoms with E-state index in [1.807, 2.05) is 22.2 Å². The normalized spacial score (nSPS) is 15.4. The maximum atomic E-state index is 5.84. The van der Waals surface area contributed by atoms with Crippen LogP contribution in [-0.4, -0.2) is 23.5 Å². The molecule has 0 saturated carbocycles. The molecule has 5 nitrogen and oxygen atoms in total. The van der Waals surface area contributed by atoms with Gasteiger partial charge in [0.1, 0.15) is 0 Å². The fourth-order valence-corrected chi connectivity index (χ4v) is 4.65. The number of ether oxygens (including phenoxy) is 1. The summed E-state index contributed by atoms with van der Waals surface area (Å²) in [5.74, 6) is 5.84. The van der Waals surface area contributed by atoms with Crippen molar-refractivity contribution in [1.82, 2.24) is 15.2 Å². The average molecular weight is 371 g/mol. The van der Waals surface area contributed by atoms with E-state index in [0.29, 0.717) is 13.2 Å². The first-order valence-corrected chi connectivity index (χ1v) is 8.63. The fourth-order valence-electron chi connectivity index (χ4n) is 2.80. The van der Waals surface area contributed by atoms with Gasteiger partial charge in [0.05, 0.1) is 35.6 Å². The standard InChI is InChI=1S/C14H19BrN4OS/c1-20-6-5-19-14(10(15)8-17-19)13(18-16)12-7-9-3-2-4-11(9)21-12/h7-8,13,18H,2-6,16H2,1H3. The molecule has 0 saturated heterocycles. The summed E-state index contributed by atoms with van der Waals surface area (Å²) in [6.07, 6.45) is 5.48. The highest BCUT2D eigenvalue weighted by Crippen LogP contribution is 2.37. The Bertz CT molecular complexity index is 603. The predicted octanol–water partition coefficient (Wildman–Crippen LogP) is 2.39. The number of methoxy groups -OCH3 is 1. The Morgan fingerprint density at radius 3 is 3.14 bits per heavy atom. The summed E-state index contributed by atoms with van der Waals surface area (Å²) in [6, 6.07) is 2.24. The van der Waals surface area contributed by atoms with Crippen molar-refractivity contribution in [3.05, 3.63) is 37.7 Å². The minimum atomic E-state index is -0.0469. The zero-order chi connectivity index (χ0) is 14.8. The van der Waals surface area contributed by atoms with Crippen molar-refractivity contribution < 1.29 is 4.74 Å². The molecule has 0 aliphatic heterocycles. The van der Waals surface area contributed by atoms with Crippen LogP contribution in [0, 0.1) is 0 Å². The van der Waals surface area contributed by atoms with E-state index in [-0.39, 0.29) is 6.04 Å². The van der Waals surface area contributed by atoms with Crippen molar-refractivity contribution in [2.75, 3.05) is 13.7 Å². The van der Waals surface area contributed by atoms with Gasteiger partial charge in [0.15, 0.2) is 0 Å². The number of hydrazine groups is 1. The molecule has 7 heteroatoms. The number of nitrogens with one attached hydrogen (secondary N) is 1. The zero-order valence-corrected chi connectivity index (χ0v) is 14.3. The second kappa shape index (κ2) is 6.58. The Kier molecular flexibility index (Phi) is 4.75. The molecule has 1 aliphatic carbocycles. The molecule has 0 spiro atoms. The number of fused-ring (bicyclic) bond motifs is 1. The molecule has 0 bridgehead atoms. The van der Waals surface area contributed by atoms with Gasteiger partial charge >= 0.3 is 0 Å². The Labute approximate surface area is 136 Å². The first-order valence-electron chi connectivity index (χ1n) is 7.02. The molecule has 2 heterocycles. The average Bonchev–Trinajstić information content (AvgIpc) is 3.14. The number of nitrogens with two attached hydrogens (primary N) is 1. The monoisotopic (exact) mass is 370 g/mol. The topological polar surface area (TPSA) is 65.1 Å². The molecule has 0 fully saturated rings. The zero-order valence-electron chi connectivity index (χ0n) is 11.9. The molecule has 1 aliphatic rings. The lowest BCUT2D eigenvalue weighted by atomic mass is 10.1. The quantitative estimate of drug-likeness (QED) is 0.605. The van der Waals surface area contributed by atoms with Gasteiger partial charge in [-0.05, 0) is 46.8 Å². The largest absolute Gasteiger partial charge is 0.383 e. The van der Waals surface area contributed by atoms with Gasteiger partial charge in [0, 0.05) is 16.9 Å². The maximum Gasteiger partial charge on any atom is 0.0981 e. The van der Waals surface area contributed by atoms with Crippen molar-refractivity contribution in [3.8, 4) is 0 Å². The van der Waals surface area contributed by atoms with Gasteiger partial charge in [-0.3, -0.25) is 10.5 Å². The van der Waals surface area contributed by atoms with Crippen LogP contribution in [0.15, 0.2) is 16.7 Å². The number of thiophene rings is 1. The van der Waals surface area contributed by atoms with Crippen LogP contribution in [0.2, 0.25) is 0 Å². The third kappa shape index (κ3) is 2.93. The lowest BCUT2D eigenvalue weighted by molar-refractivity contribution is 0.182. The first kappa shape index (κ1) is 15.2. The first-order chi connectivity index (χ1) is 10.2. The summed E-state index contributed by atoms with van der Waals surface area (Å²) >= 11 is 5.45. The molecule has 1 atom stereocenters. The van der Waals surface area contributed by atoms with Crippen molar-refractivity contribution in [1.29, 1.82) is 0 Å². The van der Waals surface area contributed by atoms with Crippen LogP contribution < -0.4 is 11.3 Å². The SMILES string of the molecule is COCCn1ncc(Br)c1C(NN)c1cc2c(s1)CCC2. The van der Waals surface area contributed by atoms with E-state index in [0.717, 1.165) is 10.2 Å². The summed E-state index contributed by atoms with van der Waals surface area (Å²) in [4.78, 5) is 2.76. The van der Waals surface area contributed by atoms with Crippen LogP contribution in [-0.2, 0) is 24.1 Å². The number of nitrogens with zero attached hydrogens (tertiary/aromatic N) is 2. The van der Waals surface area contributed by atoms with Crippen molar-refractivity contribution in [2.45, 2.75) is 31.8 Å². The molecular formula is C14H19BrN4OS. The molecule has 114 valence electrons. The summed E-state index contributed by atoms with van der Waals surface area (Å²) in [6.45, 7) is 1.33. The Morgan fingerprint density at radius 2 is 2.43 bits per heavy atom. The van der Waals surface area contributed by atoms with Gasteiger partial charge in [-0.2, -0.15) is 5.10 Å². The van der Waals surface area contributed by atoms with Crippen LogP contribution in [0.1, 0.15) is 33.5 Å². The summed E-state index contributed by atoms with van der Waals surface area (Å²) in [7, 11) is 1.70. The number of hydrogen-bond donors (Lipinski definition) is 2. The lowest BCUT2D eigenvalue weighted by Gasteiger charge is -2.17. The summed E-state index contributed by atoms with van der Waals surface area (Å²) < 4.78 is 8.07. The van der Waals surface area contributed by atoms with E-state index in [2.05, 4.69) is 32.5 Å². The number of rotatable bonds is 6. The van der Waals surface area contributed by atoms with Crippen LogP contribution in [0.4, 0.5) is 0 Å². The minimum absolute atomic E-state index is 0.0469. The van der Waals surface area contributed by atoms with Crippen LogP contribution in [0.25, 0.3) is 0 Å². The summed E-state index contributed by atoms with van der Waals surface area (Å²) in [5, 5.41) is 4.41. The smallest absolute Gasteiger partial charge is 0.0981 e. The van der Waals surface area contributed by atoms with E-state index < -0.39 is 0 Å². The van der Waals surface area contributed by atoms with Crippen LogP contribution in [0.5, 0.6) is 0 Å². The fraction of sp³-hybridized carbons (Fsp3) is 0.500. The number of aryl methyl sites for hydroxylation is 2. The van der Waals surface area contributed by atoms with Gasteiger partial charge in [-0.1, -0.05) is 0 Å². The van der Waals surface area contributed by atoms with Crippen molar-refractivity contribution >= 4 is 27.3 Å². The Balaban J connectivity index is 1.93. The molecule has 0 aromatic carbocycles.